The van der Waals surface area contributed by atoms with E-state index in [1.54, 1.807) is 31.6 Å². The maximum absolute atomic E-state index is 12.5. The smallest absolute Gasteiger partial charge is 0.224 e. The van der Waals surface area contributed by atoms with Crippen LogP contribution in [-0.4, -0.2) is 21.9 Å². The van der Waals surface area contributed by atoms with E-state index in [1.807, 2.05) is 17.0 Å². The molecule has 0 radical (unpaired) electrons. The van der Waals surface area contributed by atoms with Crippen LogP contribution in [0.25, 0.3) is 4.85 Å². The summed E-state index contributed by atoms with van der Waals surface area (Å²) < 4.78 is 0. The summed E-state index contributed by atoms with van der Waals surface area (Å²) in [5.74, 6) is 1.49. The molecule has 0 unspecified atom stereocenters. The molecule has 1 aliphatic carbocycles. The van der Waals surface area contributed by atoms with Gasteiger partial charge in [0.1, 0.15) is 5.82 Å². The molecule has 3 atom stereocenters. The highest BCUT2D eigenvalue weighted by atomic mass is 16.2. The predicted octanol–water partition coefficient (Wildman–Crippen LogP) is 3.96. The van der Waals surface area contributed by atoms with Gasteiger partial charge in [0.05, 0.1) is 18.8 Å². The van der Waals surface area contributed by atoms with Crippen molar-refractivity contribution in [2.75, 3.05) is 10.2 Å². The normalized spacial score (nSPS) is 24.5. The largest absolute Gasteiger partial charge is 0.362 e. The van der Waals surface area contributed by atoms with Crippen molar-refractivity contribution in [3.63, 3.8) is 0 Å². The predicted molar refractivity (Wildman–Crippen MR) is 99.9 cm³/mol. The number of aromatic nitrogens is 2. The molecule has 1 aliphatic heterocycles. The number of carbonyl (C=O) groups is 1. The van der Waals surface area contributed by atoms with Gasteiger partial charge in [-0.2, -0.15) is 0 Å². The van der Waals surface area contributed by atoms with Crippen LogP contribution in [0.5, 0.6) is 0 Å². The molecular formula is C20H21N5O. The van der Waals surface area contributed by atoms with Gasteiger partial charge in [0.2, 0.25) is 5.91 Å². The SMILES string of the molecule is [C-]#[N+]c1ccc2c(c1)[C@H](Nc1cnccn1)[C@@H](C)[C@H](C1CC1)N2C(C)=O. The molecule has 0 bridgehead atoms. The van der Waals surface area contributed by atoms with Gasteiger partial charge in [-0.25, -0.2) is 9.83 Å². The number of nitrogens with one attached hydrogen (secondary N) is 1. The van der Waals surface area contributed by atoms with Gasteiger partial charge < -0.3 is 10.2 Å². The maximum Gasteiger partial charge on any atom is 0.224 e. The van der Waals surface area contributed by atoms with Crippen LogP contribution in [0.3, 0.4) is 0 Å². The van der Waals surface area contributed by atoms with E-state index in [0.29, 0.717) is 17.4 Å². The molecule has 1 aromatic carbocycles. The van der Waals surface area contributed by atoms with Crippen molar-refractivity contribution in [2.24, 2.45) is 11.8 Å². The van der Waals surface area contributed by atoms with Crippen molar-refractivity contribution in [2.45, 2.75) is 38.8 Å². The zero-order valence-corrected chi connectivity index (χ0v) is 14.9. The Morgan fingerprint density at radius 1 is 1.35 bits per heavy atom. The van der Waals surface area contributed by atoms with Crippen LogP contribution in [0.1, 0.15) is 38.3 Å². The molecule has 1 fully saturated rings. The van der Waals surface area contributed by atoms with Crippen LogP contribution in [0.15, 0.2) is 36.8 Å². The number of amides is 1. The van der Waals surface area contributed by atoms with Gasteiger partial charge in [-0.15, -0.1) is 0 Å². The number of anilines is 2. The van der Waals surface area contributed by atoms with E-state index < -0.39 is 0 Å². The molecule has 1 amide bonds. The number of rotatable bonds is 3. The van der Waals surface area contributed by atoms with Crippen LogP contribution >= 0.6 is 0 Å². The Labute approximate surface area is 153 Å². The number of fused-ring (bicyclic) bond motifs is 1. The fourth-order valence-electron chi connectivity index (χ4n) is 4.16. The van der Waals surface area contributed by atoms with Crippen LogP contribution < -0.4 is 10.2 Å². The average Bonchev–Trinajstić information content (AvgIpc) is 3.48. The number of benzene rings is 1. The van der Waals surface area contributed by atoms with E-state index in [4.69, 9.17) is 6.57 Å². The number of hydrogen-bond donors (Lipinski definition) is 1. The molecule has 2 aliphatic rings. The molecule has 6 heteroatoms. The quantitative estimate of drug-likeness (QED) is 0.854. The van der Waals surface area contributed by atoms with E-state index in [1.165, 1.54) is 0 Å². The minimum absolute atomic E-state index is 0.0235. The first-order valence-electron chi connectivity index (χ1n) is 8.94. The first-order valence-corrected chi connectivity index (χ1v) is 8.94. The second kappa shape index (κ2) is 6.41. The molecule has 1 saturated carbocycles. The van der Waals surface area contributed by atoms with Gasteiger partial charge in [0, 0.05) is 37.0 Å². The van der Waals surface area contributed by atoms with Gasteiger partial charge in [0.25, 0.3) is 0 Å². The molecular weight excluding hydrogens is 326 g/mol. The van der Waals surface area contributed by atoms with Crippen molar-refractivity contribution in [3.05, 3.63) is 53.8 Å². The zero-order valence-electron chi connectivity index (χ0n) is 14.9. The average molecular weight is 347 g/mol. The lowest BCUT2D eigenvalue weighted by Crippen LogP contribution is -2.51. The fourth-order valence-corrected chi connectivity index (χ4v) is 4.16. The summed E-state index contributed by atoms with van der Waals surface area (Å²) in [6, 6.07) is 5.74. The Balaban J connectivity index is 1.83. The third kappa shape index (κ3) is 2.80. The maximum atomic E-state index is 12.5. The molecule has 2 heterocycles. The Morgan fingerprint density at radius 2 is 2.15 bits per heavy atom. The lowest BCUT2D eigenvalue weighted by atomic mass is 9.80. The minimum atomic E-state index is -0.0235. The monoisotopic (exact) mass is 347 g/mol. The number of carbonyl (C=O) groups excluding carboxylic acids is 1. The van der Waals surface area contributed by atoms with Gasteiger partial charge in [-0.05, 0) is 36.5 Å². The van der Waals surface area contributed by atoms with Gasteiger partial charge in [-0.1, -0.05) is 13.0 Å². The highest BCUT2D eigenvalue weighted by Crippen LogP contribution is 2.50. The van der Waals surface area contributed by atoms with E-state index in [0.717, 1.165) is 24.1 Å². The summed E-state index contributed by atoms with van der Waals surface area (Å²) in [7, 11) is 0. The summed E-state index contributed by atoms with van der Waals surface area (Å²) in [6.45, 7) is 11.2. The Bertz CT molecular complexity index is 872. The van der Waals surface area contributed by atoms with Crippen molar-refractivity contribution < 1.29 is 4.79 Å². The highest BCUT2D eigenvalue weighted by molar-refractivity contribution is 5.94. The summed E-state index contributed by atoms with van der Waals surface area (Å²) >= 11 is 0. The van der Waals surface area contributed by atoms with Gasteiger partial charge in [-0.3, -0.25) is 9.78 Å². The molecule has 0 saturated heterocycles. The Morgan fingerprint density at radius 3 is 2.77 bits per heavy atom. The minimum Gasteiger partial charge on any atom is -0.362 e. The Hall–Kier alpha value is -2.94. The first-order chi connectivity index (χ1) is 12.6. The van der Waals surface area contributed by atoms with Gasteiger partial charge in [0.15, 0.2) is 5.69 Å². The summed E-state index contributed by atoms with van der Waals surface area (Å²) in [5.41, 5.74) is 2.46. The summed E-state index contributed by atoms with van der Waals surface area (Å²) in [6.07, 6.45) is 7.32. The lowest BCUT2D eigenvalue weighted by Gasteiger charge is -2.46. The fraction of sp³-hybridized carbons (Fsp3) is 0.400. The van der Waals surface area contributed by atoms with E-state index in [-0.39, 0.29) is 23.9 Å². The van der Waals surface area contributed by atoms with Crippen LogP contribution in [0, 0.1) is 18.4 Å². The van der Waals surface area contributed by atoms with E-state index in [9.17, 15) is 4.79 Å². The first kappa shape index (κ1) is 16.5. The van der Waals surface area contributed by atoms with Crippen LogP contribution in [-0.2, 0) is 4.79 Å². The summed E-state index contributed by atoms with van der Waals surface area (Å²) in [5, 5.41) is 3.50. The topological polar surface area (TPSA) is 62.5 Å². The van der Waals surface area contributed by atoms with Crippen molar-refractivity contribution >= 4 is 23.1 Å². The van der Waals surface area contributed by atoms with Gasteiger partial charge >= 0.3 is 0 Å². The van der Waals surface area contributed by atoms with E-state index in [2.05, 4.69) is 27.1 Å². The zero-order chi connectivity index (χ0) is 18.3. The number of hydrogen-bond acceptors (Lipinski definition) is 4. The standard InChI is InChI=1S/C20H21N5O/c1-12-19(24-18-11-22-8-9-23-18)16-10-15(21-3)6-7-17(16)25(13(2)26)20(12)14-4-5-14/h6-12,14,19-20H,4-5H2,1-2H3,(H,23,24)/t12-,19-,20-/m1/s1. The molecule has 1 N–H and O–H groups in total. The lowest BCUT2D eigenvalue weighted by molar-refractivity contribution is -0.117. The molecule has 26 heavy (non-hydrogen) atoms. The second-order valence-corrected chi connectivity index (χ2v) is 7.14. The summed E-state index contributed by atoms with van der Waals surface area (Å²) in [4.78, 5) is 26.5. The third-order valence-electron chi connectivity index (χ3n) is 5.41. The van der Waals surface area contributed by atoms with Crippen molar-refractivity contribution in [1.29, 1.82) is 0 Å². The van der Waals surface area contributed by atoms with Crippen LogP contribution in [0.2, 0.25) is 0 Å². The van der Waals surface area contributed by atoms with Crippen LogP contribution in [0.4, 0.5) is 17.2 Å². The molecule has 6 nitrogen and oxygen atoms in total. The van der Waals surface area contributed by atoms with Crippen molar-refractivity contribution in [1.82, 2.24) is 9.97 Å². The molecule has 132 valence electrons. The highest BCUT2D eigenvalue weighted by Gasteiger charge is 2.47. The van der Waals surface area contributed by atoms with E-state index >= 15 is 0 Å². The molecule has 1 aromatic heterocycles. The third-order valence-corrected chi connectivity index (χ3v) is 5.41. The molecule has 2 aromatic rings. The van der Waals surface area contributed by atoms with Crippen molar-refractivity contribution in [3.8, 4) is 0 Å². The second-order valence-electron chi connectivity index (χ2n) is 7.14. The molecule has 4 rings (SSSR count). The number of nitrogens with zero attached hydrogens (tertiary/aromatic N) is 4. The molecule has 0 spiro atoms. The Kier molecular flexibility index (Phi) is 4.08.